The molecule has 2 rings (SSSR count). The second-order valence-corrected chi connectivity index (χ2v) is 6.75. The molecule has 0 unspecified atom stereocenters. The Morgan fingerprint density at radius 1 is 1.42 bits per heavy atom. The minimum Gasteiger partial charge on any atom is -0.321 e. The van der Waals surface area contributed by atoms with Crippen molar-refractivity contribution in [1.29, 1.82) is 0 Å². The summed E-state index contributed by atoms with van der Waals surface area (Å²) in [5.41, 5.74) is 0.523. The maximum absolute atomic E-state index is 12.4. The topological polar surface area (TPSA) is 128 Å². The van der Waals surface area contributed by atoms with Gasteiger partial charge in [-0.05, 0) is 22.9 Å². The summed E-state index contributed by atoms with van der Waals surface area (Å²) in [7, 11) is -4.05. The summed E-state index contributed by atoms with van der Waals surface area (Å²) >= 11 is 3.04. The Balaban J connectivity index is 2.24. The molecule has 0 fully saturated rings. The lowest BCUT2D eigenvalue weighted by molar-refractivity contribution is -0.142. The third-order valence-electron chi connectivity index (χ3n) is 2.52. The Labute approximate surface area is 142 Å². The van der Waals surface area contributed by atoms with E-state index in [9.17, 15) is 21.6 Å². The van der Waals surface area contributed by atoms with Gasteiger partial charge in [0.15, 0.2) is 5.82 Å². The highest BCUT2D eigenvalue weighted by molar-refractivity contribution is 9.10. The molecule has 9 nitrogen and oxygen atoms in total. The SMILES string of the molecule is Cc1nn(CC(F)(F)F)cc1Nc1ncc(Br)c(NS(N)(=O)=O)n1. The van der Waals surface area contributed by atoms with Crippen LogP contribution in [0.25, 0.3) is 0 Å². The van der Waals surface area contributed by atoms with Crippen LogP contribution in [0.15, 0.2) is 16.9 Å². The molecule has 24 heavy (non-hydrogen) atoms. The summed E-state index contributed by atoms with van der Waals surface area (Å²) < 4.78 is 62.2. The molecule has 0 saturated carbocycles. The number of aryl methyl sites for hydroxylation is 1. The van der Waals surface area contributed by atoms with Crippen molar-refractivity contribution in [2.45, 2.75) is 19.6 Å². The van der Waals surface area contributed by atoms with Gasteiger partial charge in [0.2, 0.25) is 5.95 Å². The Kier molecular flexibility index (Phi) is 5.00. The maximum Gasteiger partial charge on any atom is 0.408 e. The van der Waals surface area contributed by atoms with E-state index in [-0.39, 0.29) is 27.6 Å². The fourth-order valence-corrected chi connectivity index (χ4v) is 2.51. The Morgan fingerprint density at radius 2 is 2.08 bits per heavy atom. The van der Waals surface area contributed by atoms with Crippen LogP contribution in [0.3, 0.4) is 0 Å². The van der Waals surface area contributed by atoms with Crippen molar-refractivity contribution in [3.8, 4) is 0 Å². The molecule has 4 N–H and O–H groups in total. The predicted molar refractivity (Wildman–Crippen MR) is 82.8 cm³/mol. The first-order chi connectivity index (χ1) is 10.9. The van der Waals surface area contributed by atoms with Crippen molar-refractivity contribution >= 4 is 43.6 Å². The Morgan fingerprint density at radius 3 is 2.67 bits per heavy atom. The normalized spacial score (nSPS) is 12.2. The minimum absolute atomic E-state index is 0.0565. The number of nitrogens with one attached hydrogen (secondary N) is 2. The highest BCUT2D eigenvalue weighted by Crippen LogP contribution is 2.24. The van der Waals surface area contributed by atoms with Crippen LogP contribution < -0.4 is 15.2 Å². The Bertz CT molecular complexity index is 853. The fourth-order valence-electron chi connectivity index (χ4n) is 1.66. The summed E-state index contributed by atoms with van der Waals surface area (Å²) in [5.74, 6) is -0.186. The lowest BCUT2D eigenvalue weighted by atomic mass is 10.4. The van der Waals surface area contributed by atoms with E-state index in [4.69, 9.17) is 5.14 Å². The van der Waals surface area contributed by atoms with E-state index in [0.717, 1.165) is 10.9 Å². The quantitative estimate of drug-likeness (QED) is 0.662. The minimum atomic E-state index is -4.41. The molecule has 132 valence electrons. The molecule has 0 radical (unpaired) electrons. The van der Waals surface area contributed by atoms with E-state index >= 15 is 0 Å². The van der Waals surface area contributed by atoms with Gasteiger partial charge >= 0.3 is 6.18 Å². The largest absolute Gasteiger partial charge is 0.408 e. The summed E-state index contributed by atoms with van der Waals surface area (Å²) in [5, 5.41) is 11.3. The zero-order valence-corrected chi connectivity index (χ0v) is 14.4. The monoisotopic (exact) mass is 429 g/mol. The molecule has 0 aliphatic rings. The van der Waals surface area contributed by atoms with E-state index < -0.39 is 22.9 Å². The number of hydrogen-bond donors (Lipinski definition) is 3. The molecular formula is C10H11BrF3N7O2S. The van der Waals surface area contributed by atoms with Gasteiger partial charge in [0.1, 0.15) is 6.54 Å². The molecule has 0 amide bonds. The summed E-state index contributed by atoms with van der Waals surface area (Å²) in [6, 6.07) is 0. The third kappa shape index (κ3) is 5.31. The molecule has 0 aliphatic carbocycles. The number of rotatable bonds is 5. The maximum atomic E-state index is 12.4. The highest BCUT2D eigenvalue weighted by atomic mass is 79.9. The van der Waals surface area contributed by atoms with Gasteiger partial charge in [-0.25, -0.2) is 10.1 Å². The molecule has 0 spiro atoms. The van der Waals surface area contributed by atoms with Gasteiger partial charge in [-0.15, -0.1) is 0 Å². The van der Waals surface area contributed by atoms with Crippen LogP contribution in [0.1, 0.15) is 5.69 Å². The van der Waals surface area contributed by atoms with Crippen molar-refractivity contribution in [1.82, 2.24) is 19.7 Å². The van der Waals surface area contributed by atoms with Gasteiger partial charge in [0.05, 0.1) is 15.9 Å². The van der Waals surface area contributed by atoms with Crippen LogP contribution in [0.4, 0.5) is 30.6 Å². The van der Waals surface area contributed by atoms with Gasteiger partial charge in [-0.3, -0.25) is 9.40 Å². The van der Waals surface area contributed by atoms with E-state index in [1.54, 1.807) is 0 Å². The van der Waals surface area contributed by atoms with Crippen molar-refractivity contribution in [3.05, 3.63) is 22.6 Å². The summed E-state index contributed by atoms with van der Waals surface area (Å²) in [6.07, 6.45) is -2.02. The number of halogens is 4. The fraction of sp³-hybridized carbons (Fsp3) is 0.300. The number of nitrogens with zero attached hydrogens (tertiary/aromatic N) is 4. The van der Waals surface area contributed by atoms with Gasteiger partial charge in [-0.1, -0.05) is 0 Å². The number of aromatic nitrogens is 4. The molecule has 14 heteroatoms. The van der Waals surface area contributed by atoms with E-state index in [0.29, 0.717) is 0 Å². The number of nitrogens with two attached hydrogens (primary N) is 1. The van der Waals surface area contributed by atoms with Gasteiger partial charge in [0.25, 0.3) is 10.2 Å². The molecule has 2 aromatic heterocycles. The van der Waals surface area contributed by atoms with Crippen molar-refractivity contribution < 1.29 is 21.6 Å². The van der Waals surface area contributed by atoms with E-state index in [2.05, 4.69) is 36.3 Å². The second-order valence-electron chi connectivity index (χ2n) is 4.60. The highest BCUT2D eigenvalue weighted by Gasteiger charge is 2.28. The standard InChI is InChI=1S/C10H11BrF3N7O2S/c1-5-7(3-21(19-5)4-10(12,13)14)17-9-16-2-6(11)8(18-9)20-24(15,22)23/h2-3H,4H2,1H3,(H2,15,22,23)(H2,16,17,18,20). The zero-order valence-electron chi connectivity index (χ0n) is 12.0. The molecule has 2 heterocycles. The van der Waals surface area contributed by atoms with E-state index in [1.807, 2.05) is 4.72 Å². The molecule has 0 aliphatic heterocycles. The van der Waals surface area contributed by atoms with E-state index in [1.165, 1.54) is 13.1 Å². The van der Waals surface area contributed by atoms with Crippen LogP contribution in [0.2, 0.25) is 0 Å². The smallest absolute Gasteiger partial charge is 0.321 e. The number of alkyl halides is 3. The first kappa shape index (κ1) is 18.4. The molecule has 2 aromatic rings. The van der Waals surface area contributed by atoms with Gasteiger partial charge in [-0.2, -0.15) is 31.7 Å². The predicted octanol–water partition coefficient (Wildman–Crippen LogP) is 1.67. The first-order valence-electron chi connectivity index (χ1n) is 6.14. The van der Waals surface area contributed by atoms with Crippen LogP contribution >= 0.6 is 15.9 Å². The number of anilines is 3. The molecule has 0 saturated heterocycles. The van der Waals surface area contributed by atoms with Crippen molar-refractivity contribution in [2.75, 3.05) is 10.0 Å². The average molecular weight is 430 g/mol. The lowest BCUT2D eigenvalue weighted by Gasteiger charge is -2.08. The van der Waals surface area contributed by atoms with Crippen molar-refractivity contribution in [3.63, 3.8) is 0 Å². The van der Waals surface area contributed by atoms with Crippen LogP contribution in [-0.4, -0.2) is 34.3 Å². The molecule has 0 atom stereocenters. The molecule has 0 aromatic carbocycles. The second kappa shape index (κ2) is 6.52. The summed E-state index contributed by atoms with van der Waals surface area (Å²) in [6.45, 7) is 0.256. The lowest BCUT2D eigenvalue weighted by Crippen LogP contribution is -2.22. The third-order valence-corrected chi connectivity index (χ3v) is 3.58. The molecular weight excluding hydrogens is 419 g/mol. The van der Waals surface area contributed by atoms with Crippen LogP contribution in [0.5, 0.6) is 0 Å². The van der Waals surface area contributed by atoms with Gasteiger partial charge < -0.3 is 5.32 Å². The molecule has 0 bridgehead atoms. The zero-order chi connectivity index (χ0) is 18.1. The van der Waals surface area contributed by atoms with Gasteiger partial charge in [0, 0.05) is 12.4 Å². The van der Waals surface area contributed by atoms with Crippen LogP contribution in [0, 0.1) is 6.92 Å². The Hall–Kier alpha value is -1.93. The first-order valence-corrected chi connectivity index (χ1v) is 8.48. The number of hydrogen-bond acceptors (Lipinski definition) is 6. The summed E-state index contributed by atoms with van der Waals surface area (Å²) in [4.78, 5) is 7.76. The van der Waals surface area contributed by atoms with Crippen molar-refractivity contribution in [2.24, 2.45) is 5.14 Å². The average Bonchev–Trinajstić information content (AvgIpc) is 2.69. The van der Waals surface area contributed by atoms with Crippen LogP contribution in [-0.2, 0) is 16.8 Å².